The molecule has 0 unspecified atom stereocenters. The third kappa shape index (κ3) is 6.71. The Morgan fingerprint density at radius 2 is 2.10 bits per heavy atom. The van der Waals surface area contributed by atoms with E-state index in [0.717, 1.165) is 0 Å². The third-order valence-electron chi connectivity index (χ3n) is 2.43. The summed E-state index contributed by atoms with van der Waals surface area (Å²) in [6, 6.07) is 6.22. The van der Waals surface area contributed by atoms with E-state index in [1.807, 2.05) is 0 Å². The molecule has 0 saturated carbocycles. The van der Waals surface area contributed by atoms with Crippen LogP contribution in [0.15, 0.2) is 29.2 Å². The second kappa shape index (κ2) is 9.50. The standard InChI is InChI=1S/C14H19NO5S/c1-19-10-11-20-9-7-15-21(17,18)14-6-2-4-13(12-14)5-3-8-16/h2,4,6,12,15-16H,7-11H2,1H3. The van der Waals surface area contributed by atoms with Crippen molar-refractivity contribution in [3.63, 3.8) is 0 Å². The average Bonchev–Trinajstić information content (AvgIpc) is 2.49. The molecular formula is C14H19NO5S. The van der Waals surface area contributed by atoms with Crippen molar-refractivity contribution in [3.8, 4) is 11.8 Å². The lowest BCUT2D eigenvalue weighted by atomic mass is 10.2. The lowest BCUT2D eigenvalue weighted by molar-refractivity contribution is 0.0736. The van der Waals surface area contributed by atoms with Gasteiger partial charge in [0.15, 0.2) is 0 Å². The van der Waals surface area contributed by atoms with Gasteiger partial charge in [0.2, 0.25) is 10.0 Å². The van der Waals surface area contributed by atoms with Gasteiger partial charge >= 0.3 is 0 Å². The first kappa shape index (κ1) is 17.6. The van der Waals surface area contributed by atoms with Gasteiger partial charge in [-0.3, -0.25) is 0 Å². The molecule has 1 aromatic carbocycles. The molecule has 0 aromatic heterocycles. The molecule has 7 heteroatoms. The van der Waals surface area contributed by atoms with E-state index in [2.05, 4.69) is 16.6 Å². The summed E-state index contributed by atoms with van der Waals surface area (Å²) >= 11 is 0. The van der Waals surface area contributed by atoms with E-state index in [4.69, 9.17) is 14.6 Å². The van der Waals surface area contributed by atoms with Crippen molar-refractivity contribution >= 4 is 10.0 Å². The van der Waals surface area contributed by atoms with E-state index in [-0.39, 0.29) is 24.7 Å². The summed E-state index contributed by atoms with van der Waals surface area (Å²) in [5.41, 5.74) is 0.531. The fraction of sp³-hybridized carbons (Fsp3) is 0.429. The van der Waals surface area contributed by atoms with Crippen molar-refractivity contribution in [2.45, 2.75) is 4.90 Å². The Balaban J connectivity index is 2.57. The van der Waals surface area contributed by atoms with Gasteiger partial charge in [0.25, 0.3) is 0 Å². The molecule has 0 fully saturated rings. The lowest BCUT2D eigenvalue weighted by Crippen LogP contribution is -2.27. The van der Waals surface area contributed by atoms with Crippen LogP contribution in [0.1, 0.15) is 5.56 Å². The molecule has 0 heterocycles. The Morgan fingerprint density at radius 1 is 1.29 bits per heavy atom. The Morgan fingerprint density at radius 3 is 2.81 bits per heavy atom. The molecule has 0 aliphatic rings. The maximum atomic E-state index is 12.1. The SMILES string of the molecule is COCCOCCNS(=O)(=O)c1cccc(C#CCO)c1. The monoisotopic (exact) mass is 313 g/mol. The zero-order valence-electron chi connectivity index (χ0n) is 11.8. The number of aliphatic hydroxyl groups is 1. The van der Waals surface area contributed by atoms with Gasteiger partial charge in [-0.1, -0.05) is 17.9 Å². The van der Waals surface area contributed by atoms with Crippen molar-refractivity contribution in [2.24, 2.45) is 0 Å². The topological polar surface area (TPSA) is 84.9 Å². The predicted molar refractivity (Wildman–Crippen MR) is 78.3 cm³/mol. The number of hydrogen-bond donors (Lipinski definition) is 2. The first-order valence-corrected chi connectivity index (χ1v) is 7.84. The number of rotatable bonds is 8. The molecule has 0 radical (unpaired) electrons. The molecule has 6 nitrogen and oxygen atoms in total. The molecule has 2 N–H and O–H groups in total. The summed E-state index contributed by atoms with van der Waals surface area (Å²) in [6.07, 6.45) is 0. The van der Waals surface area contributed by atoms with Crippen LogP contribution in [-0.2, 0) is 19.5 Å². The summed E-state index contributed by atoms with van der Waals surface area (Å²) < 4.78 is 36.6. The van der Waals surface area contributed by atoms with E-state index in [1.165, 1.54) is 12.1 Å². The maximum Gasteiger partial charge on any atom is 0.240 e. The molecule has 0 bridgehead atoms. The van der Waals surface area contributed by atoms with E-state index < -0.39 is 10.0 Å². The number of sulfonamides is 1. The molecule has 0 aliphatic heterocycles. The number of methoxy groups -OCH3 is 1. The summed E-state index contributed by atoms with van der Waals surface area (Å²) in [6.45, 7) is 1.07. The smallest absolute Gasteiger partial charge is 0.240 e. The number of aliphatic hydroxyl groups excluding tert-OH is 1. The van der Waals surface area contributed by atoms with Crippen molar-refractivity contribution in [1.29, 1.82) is 0 Å². The maximum absolute atomic E-state index is 12.1. The van der Waals surface area contributed by atoms with Gasteiger partial charge < -0.3 is 14.6 Å². The van der Waals surface area contributed by atoms with Crippen LogP contribution in [-0.4, -0.2) is 53.6 Å². The van der Waals surface area contributed by atoms with Gasteiger partial charge in [-0.15, -0.1) is 0 Å². The highest BCUT2D eigenvalue weighted by molar-refractivity contribution is 7.89. The van der Waals surface area contributed by atoms with Crippen molar-refractivity contribution in [1.82, 2.24) is 4.72 Å². The van der Waals surface area contributed by atoms with E-state index in [0.29, 0.717) is 18.8 Å². The summed E-state index contributed by atoms with van der Waals surface area (Å²) in [4.78, 5) is 0.129. The number of hydrogen-bond acceptors (Lipinski definition) is 5. The Kier molecular flexibility index (Phi) is 7.97. The number of benzene rings is 1. The highest BCUT2D eigenvalue weighted by Gasteiger charge is 2.13. The van der Waals surface area contributed by atoms with E-state index in [1.54, 1.807) is 19.2 Å². The zero-order valence-corrected chi connectivity index (χ0v) is 12.6. The van der Waals surface area contributed by atoms with Crippen molar-refractivity contribution in [2.75, 3.05) is 40.1 Å². The van der Waals surface area contributed by atoms with Crippen LogP contribution in [0.5, 0.6) is 0 Å². The van der Waals surface area contributed by atoms with Crippen molar-refractivity contribution < 1.29 is 23.0 Å². The number of nitrogens with one attached hydrogen (secondary N) is 1. The van der Waals surface area contributed by atoms with Gasteiger partial charge in [-0.25, -0.2) is 13.1 Å². The van der Waals surface area contributed by atoms with Gasteiger partial charge in [0, 0.05) is 19.2 Å². The quantitative estimate of drug-likeness (QED) is 0.520. The van der Waals surface area contributed by atoms with E-state index >= 15 is 0 Å². The molecule has 0 spiro atoms. The van der Waals surface area contributed by atoms with Crippen LogP contribution in [0.3, 0.4) is 0 Å². The molecule has 1 rings (SSSR count). The van der Waals surface area contributed by atoms with Gasteiger partial charge in [-0.05, 0) is 18.2 Å². The molecule has 116 valence electrons. The minimum Gasteiger partial charge on any atom is -0.384 e. The highest BCUT2D eigenvalue weighted by Crippen LogP contribution is 2.10. The largest absolute Gasteiger partial charge is 0.384 e. The van der Waals surface area contributed by atoms with Crippen LogP contribution in [0, 0.1) is 11.8 Å². The summed E-state index contributed by atoms with van der Waals surface area (Å²) in [5, 5.41) is 8.63. The fourth-order valence-electron chi connectivity index (χ4n) is 1.46. The minimum absolute atomic E-state index is 0.129. The normalized spacial score (nSPS) is 11.0. The summed E-state index contributed by atoms with van der Waals surface area (Å²) in [5.74, 6) is 5.14. The molecule has 21 heavy (non-hydrogen) atoms. The Labute approximate surface area is 125 Å². The average molecular weight is 313 g/mol. The predicted octanol–water partition coefficient (Wildman–Crippen LogP) is -0.0283. The lowest BCUT2D eigenvalue weighted by Gasteiger charge is -2.07. The second-order valence-corrected chi connectivity index (χ2v) is 5.76. The molecule has 0 atom stereocenters. The Bertz CT molecular complexity index is 589. The highest BCUT2D eigenvalue weighted by atomic mass is 32.2. The fourth-order valence-corrected chi connectivity index (χ4v) is 2.52. The van der Waals surface area contributed by atoms with E-state index in [9.17, 15) is 8.42 Å². The van der Waals surface area contributed by atoms with Crippen LogP contribution < -0.4 is 4.72 Å². The second-order valence-electron chi connectivity index (χ2n) is 3.99. The first-order valence-electron chi connectivity index (χ1n) is 6.36. The van der Waals surface area contributed by atoms with Crippen LogP contribution in [0.25, 0.3) is 0 Å². The van der Waals surface area contributed by atoms with Crippen LogP contribution in [0.2, 0.25) is 0 Å². The van der Waals surface area contributed by atoms with Crippen molar-refractivity contribution in [3.05, 3.63) is 29.8 Å². The number of ether oxygens (including phenoxy) is 2. The zero-order chi connectivity index (χ0) is 15.6. The van der Waals surface area contributed by atoms with Gasteiger partial charge in [0.05, 0.1) is 24.7 Å². The van der Waals surface area contributed by atoms with Gasteiger partial charge in [-0.2, -0.15) is 0 Å². The molecule has 1 aromatic rings. The first-order chi connectivity index (χ1) is 10.1. The molecular weight excluding hydrogens is 294 g/mol. The summed E-state index contributed by atoms with van der Waals surface area (Å²) in [7, 11) is -2.02. The van der Waals surface area contributed by atoms with Crippen LogP contribution in [0.4, 0.5) is 0 Å². The minimum atomic E-state index is -3.59. The third-order valence-corrected chi connectivity index (χ3v) is 3.89. The molecule has 0 amide bonds. The van der Waals surface area contributed by atoms with Gasteiger partial charge in [0.1, 0.15) is 6.61 Å². The molecule has 0 saturated heterocycles. The van der Waals surface area contributed by atoms with Crippen LogP contribution >= 0.6 is 0 Å². The molecule has 0 aliphatic carbocycles. The Hall–Kier alpha value is -1.43.